The number of hydrogen-bond acceptors (Lipinski definition) is 2. The van der Waals surface area contributed by atoms with Crippen LogP contribution in [0.1, 0.15) is 11.1 Å². The molecule has 0 radical (unpaired) electrons. The fraction of sp³-hybridized carbons (Fsp3) is 0.200. The minimum absolute atomic E-state index is 0.577. The lowest BCUT2D eigenvalue weighted by Gasteiger charge is -2.19. The smallest absolute Gasteiger partial charge is 0.159 e. The fourth-order valence-electron chi connectivity index (χ4n) is 2.51. The molecule has 0 amide bonds. The molecule has 2 N–H and O–H groups in total. The molecule has 0 saturated carbocycles. The first-order valence-corrected chi connectivity index (χ1v) is 6.21. The number of anilines is 2. The summed E-state index contributed by atoms with van der Waals surface area (Å²) in [5.41, 5.74) is 9.62. The summed E-state index contributed by atoms with van der Waals surface area (Å²) in [6.45, 7) is 1.45. The maximum atomic E-state index is 13.2. The van der Waals surface area contributed by atoms with E-state index in [1.54, 1.807) is 6.07 Å². The molecule has 19 heavy (non-hydrogen) atoms. The van der Waals surface area contributed by atoms with Crippen LogP contribution in [0, 0.1) is 11.6 Å². The van der Waals surface area contributed by atoms with Crippen LogP contribution < -0.4 is 10.6 Å². The lowest BCUT2D eigenvalue weighted by atomic mass is 10.1. The van der Waals surface area contributed by atoms with Gasteiger partial charge in [-0.15, -0.1) is 0 Å². The number of halogens is 2. The molecule has 0 saturated heterocycles. The summed E-state index contributed by atoms with van der Waals surface area (Å²) < 4.78 is 26.1. The van der Waals surface area contributed by atoms with E-state index in [2.05, 4.69) is 4.90 Å². The van der Waals surface area contributed by atoms with Gasteiger partial charge < -0.3 is 10.6 Å². The van der Waals surface area contributed by atoms with E-state index in [0.717, 1.165) is 29.9 Å². The zero-order valence-electron chi connectivity index (χ0n) is 10.4. The molecule has 1 heterocycles. The van der Waals surface area contributed by atoms with E-state index < -0.39 is 11.6 Å². The summed E-state index contributed by atoms with van der Waals surface area (Å²) in [5, 5.41) is 0. The van der Waals surface area contributed by atoms with Crippen LogP contribution in [-0.2, 0) is 13.0 Å². The summed E-state index contributed by atoms with van der Waals surface area (Å²) in [4.78, 5) is 2.15. The molecule has 3 rings (SSSR count). The third kappa shape index (κ3) is 2.26. The summed E-state index contributed by atoms with van der Waals surface area (Å²) in [6.07, 6.45) is 0.935. The number of nitrogen functional groups attached to an aromatic ring is 1. The molecule has 0 fully saturated rings. The molecule has 0 spiro atoms. The Morgan fingerprint density at radius 3 is 2.68 bits per heavy atom. The van der Waals surface area contributed by atoms with E-state index in [1.165, 1.54) is 17.7 Å². The van der Waals surface area contributed by atoms with Crippen molar-refractivity contribution in [1.82, 2.24) is 0 Å². The predicted molar refractivity (Wildman–Crippen MR) is 72.0 cm³/mol. The minimum atomic E-state index is -0.807. The van der Waals surface area contributed by atoms with Crippen LogP contribution in [0.15, 0.2) is 36.4 Å². The molecule has 1 aliphatic rings. The van der Waals surface area contributed by atoms with Crippen molar-refractivity contribution in [3.8, 4) is 0 Å². The Balaban J connectivity index is 1.84. The van der Waals surface area contributed by atoms with Crippen LogP contribution in [-0.4, -0.2) is 6.54 Å². The second-order valence-corrected chi connectivity index (χ2v) is 4.81. The zero-order valence-corrected chi connectivity index (χ0v) is 10.4. The van der Waals surface area contributed by atoms with Gasteiger partial charge >= 0.3 is 0 Å². The second-order valence-electron chi connectivity index (χ2n) is 4.81. The maximum absolute atomic E-state index is 13.2. The van der Waals surface area contributed by atoms with Crippen molar-refractivity contribution in [2.24, 2.45) is 0 Å². The highest BCUT2D eigenvalue weighted by Crippen LogP contribution is 2.30. The standard InChI is InChI=1S/C15H14F2N2/c16-13-3-1-10(7-14(13)17)9-19-6-5-11-8-12(18)2-4-15(11)19/h1-4,7-8H,5-6,9,18H2. The lowest BCUT2D eigenvalue weighted by Crippen LogP contribution is -2.19. The van der Waals surface area contributed by atoms with Gasteiger partial charge in [-0.2, -0.15) is 0 Å². The van der Waals surface area contributed by atoms with Crippen molar-refractivity contribution < 1.29 is 8.78 Å². The first-order valence-electron chi connectivity index (χ1n) is 6.21. The Kier molecular flexibility index (Phi) is 2.85. The summed E-state index contributed by atoms with van der Waals surface area (Å²) >= 11 is 0. The van der Waals surface area contributed by atoms with Gasteiger partial charge in [0.15, 0.2) is 11.6 Å². The van der Waals surface area contributed by atoms with E-state index in [0.29, 0.717) is 6.54 Å². The monoisotopic (exact) mass is 260 g/mol. The molecule has 0 unspecified atom stereocenters. The van der Waals surface area contributed by atoms with Gasteiger partial charge in [0.2, 0.25) is 0 Å². The van der Waals surface area contributed by atoms with Gasteiger partial charge in [-0.1, -0.05) is 6.07 Å². The normalized spacial score (nSPS) is 13.7. The van der Waals surface area contributed by atoms with Crippen molar-refractivity contribution in [1.29, 1.82) is 0 Å². The molecule has 0 atom stereocenters. The zero-order chi connectivity index (χ0) is 13.4. The number of nitrogens with two attached hydrogens (primary N) is 1. The Hall–Kier alpha value is -2.10. The average Bonchev–Trinajstić information content (AvgIpc) is 2.76. The van der Waals surface area contributed by atoms with E-state index in [-0.39, 0.29) is 0 Å². The van der Waals surface area contributed by atoms with Crippen LogP contribution in [0.3, 0.4) is 0 Å². The van der Waals surface area contributed by atoms with Gasteiger partial charge in [-0.25, -0.2) is 8.78 Å². The van der Waals surface area contributed by atoms with Crippen molar-refractivity contribution >= 4 is 11.4 Å². The molecule has 2 aromatic carbocycles. The number of nitrogens with zero attached hydrogens (tertiary/aromatic N) is 1. The molecule has 1 aliphatic heterocycles. The van der Waals surface area contributed by atoms with E-state index in [9.17, 15) is 8.78 Å². The van der Waals surface area contributed by atoms with E-state index in [1.807, 2.05) is 18.2 Å². The van der Waals surface area contributed by atoms with Crippen LogP contribution in [0.5, 0.6) is 0 Å². The molecule has 4 heteroatoms. The number of hydrogen-bond donors (Lipinski definition) is 1. The molecular weight excluding hydrogens is 246 g/mol. The quantitative estimate of drug-likeness (QED) is 0.841. The Morgan fingerprint density at radius 2 is 1.89 bits per heavy atom. The summed E-state index contributed by atoms with van der Waals surface area (Å²) in [5.74, 6) is -1.60. The third-order valence-electron chi connectivity index (χ3n) is 3.45. The highest BCUT2D eigenvalue weighted by atomic mass is 19.2. The topological polar surface area (TPSA) is 29.3 Å². The third-order valence-corrected chi connectivity index (χ3v) is 3.45. The highest BCUT2D eigenvalue weighted by molar-refractivity contribution is 5.63. The van der Waals surface area contributed by atoms with Crippen molar-refractivity contribution in [2.45, 2.75) is 13.0 Å². The van der Waals surface area contributed by atoms with Crippen LogP contribution in [0.4, 0.5) is 20.2 Å². The number of benzene rings is 2. The Bertz CT molecular complexity index is 626. The van der Waals surface area contributed by atoms with Gasteiger partial charge in [0.25, 0.3) is 0 Å². The maximum Gasteiger partial charge on any atom is 0.159 e. The van der Waals surface area contributed by atoms with Crippen LogP contribution >= 0.6 is 0 Å². The Morgan fingerprint density at radius 1 is 1.05 bits per heavy atom. The second kappa shape index (κ2) is 4.53. The van der Waals surface area contributed by atoms with Gasteiger partial charge in [0.05, 0.1) is 0 Å². The minimum Gasteiger partial charge on any atom is -0.399 e. The molecule has 0 aliphatic carbocycles. The summed E-state index contributed by atoms with van der Waals surface area (Å²) in [6, 6.07) is 9.86. The van der Waals surface area contributed by atoms with Crippen molar-refractivity contribution in [3.63, 3.8) is 0 Å². The molecule has 0 bridgehead atoms. The van der Waals surface area contributed by atoms with Crippen LogP contribution in [0.2, 0.25) is 0 Å². The van der Waals surface area contributed by atoms with Gasteiger partial charge in [-0.3, -0.25) is 0 Å². The highest BCUT2D eigenvalue weighted by Gasteiger charge is 2.19. The van der Waals surface area contributed by atoms with Crippen molar-refractivity contribution in [2.75, 3.05) is 17.2 Å². The summed E-state index contributed by atoms with van der Waals surface area (Å²) in [7, 11) is 0. The van der Waals surface area contributed by atoms with Crippen LogP contribution in [0.25, 0.3) is 0 Å². The van der Waals surface area contributed by atoms with E-state index >= 15 is 0 Å². The van der Waals surface area contributed by atoms with Gasteiger partial charge in [0, 0.05) is 24.5 Å². The lowest BCUT2D eigenvalue weighted by molar-refractivity contribution is 0.507. The number of fused-ring (bicyclic) bond motifs is 1. The van der Waals surface area contributed by atoms with Gasteiger partial charge in [0.1, 0.15) is 0 Å². The predicted octanol–water partition coefficient (Wildman–Crippen LogP) is 3.11. The largest absolute Gasteiger partial charge is 0.399 e. The first kappa shape index (κ1) is 12.0. The molecule has 0 aromatic heterocycles. The fourth-order valence-corrected chi connectivity index (χ4v) is 2.51. The molecule has 98 valence electrons. The SMILES string of the molecule is Nc1ccc2c(c1)CCN2Cc1ccc(F)c(F)c1. The molecule has 2 nitrogen and oxygen atoms in total. The van der Waals surface area contributed by atoms with Crippen molar-refractivity contribution in [3.05, 3.63) is 59.2 Å². The molecule has 2 aromatic rings. The van der Waals surface area contributed by atoms with Gasteiger partial charge in [-0.05, 0) is 47.9 Å². The Labute approximate surface area is 110 Å². The average molecular weight is 260 g/mol. The number of rotatable bonds is 2. The molecular formula is C15H14F2N2. The van der Waals surface area contributed by atoms with E-state index in [4.69, 9.17) is 5.73 Å². The first-order chi connectivity index (χ1) is 9.13.